The van der Waals surface area contributed by atoms with Gasteiger partial charge in [0.2, 0.25) is 0 Å². The van der Waals surface area contributed by atoms with Gasteiger partial charge in [-0.3, -0.25) is 0 Å². The zero-order valence-corrected chi connectivity index (χ0v) is 11.0. The lowest BCUT2D eigenvalue weighted by Crippen LogP contribution is -2.06. The van der Waals surface area contributed by atoms with Crippen molar-refractivity contribution in [2.75, 3.05) is 6.54 Å². The predicted molar refractivity (Wildman–Crippen MR) is 74.6 cm³/mol. The summed E-state index contributed by atoms with van der Waals surface area (Å²) < 4.78 is 18.9. The van der Waals surface area contributed by atoms with E-state index in [1.807, 2.05) is 12.1 Å². The summed E-state index contributed by atoms with van der Waals surface area (Å²) in [6.45, 7) is 0.696. The number of ether oxygens (including phenoxy) is 1. The van der Waals surface area contributed by atoms with E-state index in [1.54, 1.807) is 18.2 Å². The first-order valence-electron chi connectivity index (χ1n) is 6.34. The third-order valence-corrected chi connectivity index (χ3v) is 2.96. The lowest BCUT2D eigenvalue weighted by molar-refractivity contribution is 0.302. The zero-order valence-electron chi connectivity index (χ0n) is 11.0. The van der Waals surface area contributed by atoms with Gasteiger partial charge in [0.05, 0.1) is 11.6 Å². The molecule has 0 bridgehead atoms. The molecule has 0 radical (unpaired) electrons. The maximum atomic E-state index is 13.2. The van der Waals surface area contributed by atoms with Crippen LogP contribution < -0.4 is 10.5 Å². The number of benzene rings is 2. The van der Waals surface area contributed by atoms with E-state index in [-0.39, 0.29) is 12.4 Å². The normalized spacial score (nSPS) is 10.1. The van der Waals surface area contributed by atoms with Crippen molar-refractivity contribution in [3.63, 3.8) is 0 Å². The van der Waals surface area contributed by atoms with Crippen LogP contribution in [0.1, 0.15) is 16.7 Å². The summed E-state index contributed by atoms with van der Waals surface area (Å²) in [7, 11) is 0. The molecule has 0 unspecified atom stereocenters. The van der Waals surface area contributed by atoms with Crippen molar-refractivity contribution >= 4 is 0 Å². The minimum Gasteiger partial charge on any atom is -0.489 e. The van der Waals surface area contributed by atoms with E-state index in [2.05, 4.69) is 6.07 Å². The second kappa shape index (κ2) is 6.69. The molecule has 4 heteroatoms. The molecule has 0 saturated heterocycles. The highest BCUT2D eigenvalue weighted by Gasteiger charge is 2.07. The number of nitrogens with zero attached hydrogens (tertiary/aromatic N) is 1. The van der Waals surface area contributed by atoms with Gasteiger partial charge in [-0.05, 0) is 42.8 Å². The number of halogens is 1. The molecule has 0 atom stereocenters. The molecule has 3 nitrogen and oxygen atoms in total. The average molecular weight is 270 g/mol. The molecule has 2 aromatic rings. The fourth-order valence-corrected chi connectivity index (χ4v) is 1.95. The van der Waals surface area contributed by atoms with Gasteiger partial charge in [-0.15, -0.1) is 0 Å². The molecule has 0 saturated carbocycles. The molecule has 2 rings (SSSR count). The number of nitriles is 1. The predicted octanol–water partition coefficient (Wildman–Crippen LogP) is 2.78. The van der Waals surface area contributed by atoms with Gasteiger partial charge in [0.25, 0.3) is 0 Å². The van der Waals surface area contributed by atoms with Gasteiger partial charge in [-0.25, -0.2) is 4.39 Å². The molecule has 0 fully saturated rings. The molecule has 0 spiro atoms. The lowest BCUT2D eigenvalue weighted by atomic mass is 10.1. The molecule has 2 aromatic carbocycles. The molecular formula is C16H15FN2O. The summed E-state index contributed by atoms with van der Waals surface area (Å²) in [5.74, 6) is 0.294. The summed E-state index contributed by atoms with van der Waals surface area (Å²) in [5.41, 5.74) is 7.63. The Morgan fingerprint density at radius 2 is 1.95 bits per heavy atom. The maximum absolute atomic E-state index is 13.2. The highest BCUT2D eigenvalue weighted by atomic mass is 19.1. The Labute approximate surface area is 117 Å². The van der Waals surface area contributed by atoms with E-state index in [4.69, 9.17) is 15.7 Å². The summed E-state index contributed by atoms with van der Waals surface area (Å²) in [6.07, 6.45) is 0.549. The molecule has 0 aliphatic rings. The fourth-order valence-electron chi connectivity index (χ4n) is 1.95. The Balaban J connectivity index is 2.17. The number of nitrogens with two attached hydrogens (primary N) is 1. The quantitative estimate of drug-likeness (QED) is 0.908. The van der Waals surface area contributed by atoms with E-state index < -0.39 is 0 Å². The standard InChI is InChI=1S/C16H15FN2O/c17-15-5-6-16(12(9-15)7-8-18)20-11-14-4-2-1-3-13(14)10-19/h1-6,9H,7-8,11,18H2. The minimum absolute atomic E-state index is 0.271. The van der Waals surface area contributed by atoms with E-state index in [0.717, 1.165) is 11.1 Å². The van der Waals surface area contributed by atoms with Crippen LogP contribution in [0.2, 0.25) is 0 Å². The topological polar surface area (TPSA) is 59.0 Å². The summed E-state index contributed by atoms with van der Waals surface area (Å²) in [4.78, 5) is 0. The second-order valence-electron chi connectivity index (χ2n) is 4.35. The van der Waals surface area contributed by atoms with Crippen LogP contribution in [0.15, 0.2) is 42.5 Å². The van der Waals surface area contributed by atoms with Crippen molar-refractivity contribution in [2.24, 2.45) is 5.73 Å². The molecule has 0 heterocycles. The molecule has 0 aliphatic carbocycles. The fraction of sp³-hybridized carbons (Fsp3) is 0.188. The minimum atomic E-state index is -0.307. The third kappa shape index (κ3) is 3.34. The third-order valence-electron chi connectivity index (χ3n) is 2.96. The van der Waals surface area contributed by atoms with E-state index >= 15 is 0 Å². The molecule has 20 heavy (non-hydrogen) atoms. The molecule has 0 aliphatic heterocycles. The van der Waals surface area contributed by atoms with Crippen LogP contribution in [0.4, 0.5) is 4.39 Å². The highest BCUT2D eigenvalue weighted by molar-refractivity contribution is 5.38. The Morgan fingerprint density at radius 3 is 2.70 bits per heavy atom. The van der Waals surface area contributed by atoms with Crippen LogP contribution in [0, 0.1) is 17.1 Å². The van der Waals surface area contributed by atoms with Gasteiger partial charge < -0.3 is 10.5 Å². The van der Waals surface area contributed by atoms with Crippen molar-refractivity contribution < 1.29 is 9.13 Å². The van der Waals surface area contributed by atoms with E-state index in [1.165, 1.54) is 12.1 Å². The van der Waals surface area contributed by atoms with E-state index in [9.17, 15) is 4.39 Å². The lowest BCUT2D eigenvalue weighted by Gasteiger charge is -2.12. The first kappa shape index (κ1) is 14.0. The Hall–Kier alpha value is -2.38. The first-order valence-corrected chi connectivity index (χ1v) is 6.34. The molecule has 2 N–H and O–H groups in total. The van der Waals surface area contributed by atoms with Gasteiger partial charge in [0.1, 0.15) is 18.2 Å². The van der Waals surface area contributed by atoms with Crippen LogP contribution in [0.5, 0.6) is 5.75 Å². The van der Waals surface area contributed by atoms with Crippen LogP contribution in [0.3, 0.4) is 0 Å². The zero-order chi connectivity index (χ0) is 14.4. The maximum Gasteiger partial charge on any atom is 0.123 e. The average Bonchev–Trinajstić information content (AvgIpc) is 2.47. The van der Waals surface area contributed by atoms with Crippen LogP contribution in [-0.4, -0.2) is 6.54 Å². The van der Waals surface area contributed by atoms with Crippen molar-refractivity contribution in [1.29, 1.82) is 5.26 Å². The van der Waals surface area contributed by atoms with Crippen LogP contribution in [-0.2, 0) is 13.0 Å². The number of hydrogen-bond donors (Lipinski definition) is 1. The number of hydrogen-bond acceptors (Lipinski definition) is 3. The van der Waals surface area contributed by atoms with Gasteiger partial charge in [-0.1, -0.05) is 18.2 Å². The SMILES string of the molecule is N#Cc1ccccc1COc1ccc(F)cc1CCN. The van der Waals surface area contributed by atoms with Gasteiger partial charge in [0, 0.05) is 5.56 Å². The largest absolute Gasteiger partial charge is 0.489 e. The molecule has 0 amide bonds. The van der Waals surface area contributed by atoms with Gasteiger partial charge in [0.15, 0.2) is 0 Å². The van der Waals surface area contributed by atoms with Crippen molar-refractivity contribution in [3.8, 4) is 11.8 Å². The van der Waals surface area contributed by atoms with Crippen molar-refractivity contribution in [2.45, 2.75) is 13.0 Å². The van der Waals surface area contributed by atoms with Gasteiger partial charge >= 0.3 is 0 Å². The highest BCUT2D eigenvalue weighted by Crippen LogP contribution is 2.22. The summed E-state index contributed by atoms with van der Waals surface area (Å²) in [6, 6.07) is 13.7. The number of rotatable bonds is 5. The molecule has 0 aromatic heterocycles. The van der Waals surface area contributed by atoms with Crippen LogP contribution >= 0.6 is 0 Å². The van der Waals surface area contributed by atoms with E-state index in [0.29, 0.717) is 24.3 Å². The Morgan fingerprint density at radius 1 is 1.15 bits per heavy atom. The van der Waals surface area contributed by atoms with Gasteiger partial charge in [-0.2, -0.15) is 5.26 Å². The van der Waals surface area contributed by atoms with Crippen molar-refractivity contribution in [3.05, 3.63) is 65.0 Å². The smallest absolute Gasteiger partial charge is 0.123 e. The Kier molecular flexibility index (Phi) is 4.70. The van der Waals surface area contributed by atoms with Crippen LogP contribution in [0.25, 0.3) is 0 Å². The van der Waals surface area contributed by atoms with Crippen molar-refractivity contribution in [1.82, 2.24) is 0 Å². The second-order valence-corrected chi connectivity index (χ2v) is 4.35. The summed E-state index contributed by atoms with van der Waals surface area (Å²) in [5, 5.41) is 9.02. The molecular weight excluding hydrogens is 255 g/mol. The Bertz CT molecular complexity index is 635. The summed E-state index contributed by atoms with van der Waals surface area (Å²) >= 11 is 0. The first-order chi connectivity index (χ1) is 9.74. The monoisotopic (exact) mass is 270 g/mol. The molecule has 102 valence electrons.